The molecule has 0 bridgehead atoms. The highest BCUT2D eigenvalue weighted by atomic mass is 79.9. The third-order valence-corrected chi connectivity index (χ3v) is 5.99. The van der Waals surface area contributed by atoms with Crippen LogP contribution >= 0.6 is 27.5 Å². The molecule has 30 heavy (non-hydrogen) atoms. The van der Waals surface area contributed by atoms with Gasteiger partial charge in [0.2, 0.25) is 0 Å². The van der Waals surface area contributed by atoms with E-state index in [1.807, 2.05) is 49.0 Å². The third-order valence-electron chi connectivity index (χ3n) is 4.59. The number of hydrogen-bond acceptors (Lipinski definition) is 4. The Morgan fingerprint density at radius 2 is 1.77 bits per heavy atom. The summed E-state index contributed by atoms with van der Waals surface area (Å²) in [5, 5.41) is 16.7. The third kappa shape index (κ3) is 4.47. The molecule has 4 rings (SSSR count). The lowest BCUT2D eigenvalue weighted by Crippen LogP contribution is -2.16. The van der Waals surface area contributed by atoms with E-state index in [2.05, 4.69) is 36.5 Å². The molecule has 0 atom stereocenters. The van der Waals surface area contributed by atoms with Gasteiger partial charge in [-0.2, -0.15) is 15.3 Å². The lowest BCUT2D eigenvalue weighted by molar-refractivity contribution is 0.102. The highest BCUT2D eigenvalue weighted by Gasteiger charge is 2.13. The summed E-state index contributed by atoms with van der Waals surface area (Å²) in [6.45, 7) is 4.91. The number of amides is 1. The van der Waals surface area contributed by atoms with E-state index in [-0.39, 0.29) is 5.91 Å². The Balaban J connectivity index is 1.39. The summed E-state index contributed by atoms with van der Waals surface area (Å²) in [5.41, 5.74) is 3.28. The Labute approximate surface area is 186 Å². The molecule has 1 amide bonds. The molecule has 1 N–H and O–H groups in total. The molecule has 0 saturated carbocycles. The van der Waals surface area contributed by atoms with Crippen LogP contribution < -0.4 is 5.32 Å². The summed E-state index contributed by atoms with van der Waals surface area (Å²) in [6.07, 6.45) is 3.56. The summed E-state index contributed by atoms with van der Waals surface area (Å²) in [6, 6.07) is 11.0. The Bertz CT molecular complexity index is 1190. The normalized spacial score (nSPS) is 11.1. The molecule has 1 aromatic carbocycles. The van der Waals surface area contributed by atoms with E-state index >= 15 is 0 Å². The fourth-order valence-electron chi connectivity index (χ4n) is 2.99. The first kappa shape index (κ1) is 20.4. The molecule has 154 valence electrons. The van der Waals surface area contributed by atoms with E-state index in [1.54, 1.807) is 27.7 Å². The summed E-state index contributed by atoms with van der Waals surface area (Å²) >= 11 is 9.43. The molecule has 3 heterocycles. The molecular weight excluding hydrogens is 470 g/mol. The van der Waals surface area contributed by atoms with Crippen molar-refractivity contribution < 1.29 is 4.79 Å². The second-order valence-electron chi connectivity index (χ2n) is 6.85. The Kier molecular flexibility index (Phi) is 5.74. The van der Waals surface area contributed by atoms with E-state index in [9.17, 15) is 4.79 Å². The minimum atomic E-state index is -0.319. The van der Waals surface area contributed by atoms with Gasteiger partial charge in [-0.1, -0.05) is 23.7 Å². The van der Waals surface area contributed by atoms with Crippen molar-refractivity contribution in [1.82, 2.24) is 29.3 Å². The number of carbonyl (C=O) groups is 1. The molecule has 0 saturated heterocycles. The first-order valence-electron chi connectivity index (χ1n) is 9.21. The summed E-state index contributed by atoms with van der Waals surface area (Å²) in [4.78, 5) is 12.5. The van der Waals surface area contributed by atoms with Crippen molar-refractivity contribution in [3.8, 4) is 0 Å². The number of hydrogen-bond donors (Lipinski definition) is 1. The smallest absolute Gasteiger partial charge is 0.277 e. The second kappa shape index (κ2) is 8.45. The first-order chi connectivity index (χ1) is 14.4. The maximum Gasteiger partial charge on any atom is 0.277 e. The summed E-state index contributed by atoms with van der Waals surface area (Å²) < 4.78 is 6.21. The number of rotatable bonds is 6. The van der Waals surface area contributed by atoms with Gasteiger partial charge in [-0.05, 0) is 53.5 Å². The fourth-order valence-corrected chi connectivity index (χ4v) is 3.40. The molecule has 3 aromatic heterocycles. The van der Waals surface area contributed by atoms with Crippen LogP contribution in [0.15, 0.2) is 53.3 Å². The SMILES string of the molecule is Cc1nn(Cn2ccc(C(=O)Nc3ccn(Cc4ccc(Cl)cc4)n3)n2)c(C)c1Br. The van der Waals surface area contributed by atoms with Crippen molar-refractivity contribution in [3.63, 3.8) is 0 Å². The molecule has 0 radical (unpaired) electrons. The average molecular weight is 489 g/mol. The van der Waals surface area contributed by atoms with Crippen LogP contribution in [0, 0.1) is 13.8 Å². The van der Waals surface area contributed by atoms with Crippen LogP contribution in [0.3, 0.4) is 0 Å². The Morgan fingerprint density at radius 1 is 1.03 bits per heavy atom. The molecule has 4 aromatic rings. The number of aromatic nitrogens is 6. The van der Waals surface area contributed by atoms with Gasteiger partial charge in [0.25, 0.3) is 5.91 Å². The monoisotopic (exact) mass is 487 g/mol. The Hall–Kier alpha value is -2.91. The van der Waals surface area contributed by atoms with Crippen LogP contribution in [-0.4, -0.2) is 35.2 Å². The maximum atomic E-state index is 12.5. The molecule has 0 aliphatic heterocycles. The van der Waals surface area contributed by atoms with Crippen LogP contribution in [0.1, 0.15) is 27.4 Å². The number of nitrogens with one attached hydrogen (secondary N) is 1. The van der Waals surface area contributed by atoms with Crippen molar-refractivity contribution in [3.05, 3.63) is 80.9 Å². The van der Waals surface area contributed by atoms with Gasteiger partial charge in [-0.25, -0.2) is 4.68 Å². The minimum absolute atomic E-state index is 0.308. The van der Waals surface area contributed by atoms with Crippen LogP contribution in [0.2, 0.25) is 5.02 Å². The zero-order valence-corrected chi connectivity index (χ0v) is 18.7. The van der Waals surface area contributed by atoms with Gasteiger partial charge < -0.3 is 5.32 Å². The fraction of sp³-hybridized carbons (Fsp3) is 0.200. The highest BCUT2D eigenvalue weighted by Crippen LogP contribution is 2.19. The van der Waals surface area contributed by atoms with Crippen molar-refractivity contribution in [2.75, 3.05) is 5.32 Å². The summed E-state index contributed by atoms with van der Waals surface area (Å²) in [7, 11) is 0. The van der Waals surface area contributed by atoms with Gasteiger partial charge in [0.15, 0.2) is 11.5 Å². The average Bonchev–Trinajstić information content (AvgIpc) is 3.42. The van der Waals surface area contributed by atoms with Gasteiger partial charge in [-0.3, -0.25) is 14.2 Å². The standard InChI is InChI=1S/C20H19BrClN7O/c1-13-19(21)14(2)29(24-13)12-28-9-7-17(25-28)20(30)23-18-8-10-27(26-18)11-15-3-5-16(22)6-4-15/h3-10H,11-12H2,1-2H3,(H,23,26,30). The van der Waals surface area contributed by atoms with E-state index in [4.69, 9.17) is 11.6 Å². The van der Waals surface area contributed by atoms with Gasteiger partial charge in [0, 0.05) is 23.5 Å². The molecule has 0 spiro atoms. The maximum absolute atomic E-state index is 12.5. The molecule has 0 fully saturated rings. The molecule has 0 aliphatic rings. The van der Waals surface area contributed by atoms with Crippen LogP contribution in [0.5, 0.6) is 0 Å². The molecular formula is C20H19BrClN7O. The number of benzene rings is 1. The molecule has 0 unspecified atom stereocenters. The van der Waals surface area contributed by atoms with Crippen LogP contribution in [0.4, 0.5) is 5.82 Å². The molecule has 10 heteroatoms. The lowest BCUT2D eigenvalue weighted by Gasteiger charge is -2.04. The number of aryl methyl sites for hydroxylation is 1. The second-order valence-corrected chi connectivity index (χ2v) is 8.07. The zero-order valence-electron chi connectivity index (χ0n) is 16.4. The van der Waals surface area contributed by atoms with E-state index in [0.29, 0.717) is 29.7 Å². The van der Waals surface area contributed by atoms with E-state index < -0.39 is 0 Å². The predicted octanol–water partition coefficient (Wildman–Crippen LogP) is 4.12. The van der Waals surface area contributed by atoms with Crippen molar-refractivity contribution >= 4 is 39.3 Å². The topological polar surface area (TPSA) is 82.6 Å². The summed E-state index contributed by atoms with van der Waals surface area (Å²) in [5.74, 6) is 0.144. The van der Waals surface area contributed by atoms with Gasteiger partial charge in [0.05, 0.1) is 22.4 Å². The van der Waals surface area contributed by atoms with Crippen LogP contribution in [0.25, 0.3) is 0 Å². The number of halogens is 2. The largest absolute Gasteiger partial charge is 0.304 e. The Morgan fingerprint density at radius 3 is 2.47 bits per heavy atom. The quantitative estimate of drug-likeness (QED) is 0.443. The number of anilines is 1. The first-order valence-corrected chi connectivity index (χ1v) is 10.4. The van der Waals surface area contributed by atoms with E-state index in [1.165, 1.54) is 0 Å². The number of carbonyl (C=O) groups excluding carboxylic acids is 1. The van der Waals surface area contributed by atoms with E-state index in [0.717, 1.165) is 21.4 Å². The zero-order chi connectivity index (χ0) is 21.3. The van der Waals surface area contributed by atoms with Gasteiger partial charge in [-0.15, -0.1) is 0 Å². The minimum Gasteiger partial charge on any atom is -0.304 e. The molecule has 0 aliphatic carbocycles. The van der Waals surface area contributed by atoms with Gasteiger partial charge in [0.1, 0.15) is 6.67 Å². The van der Waals surface area contributed by atoms with Crippen molar-refractivity contribution in [2.45, 2.75) is 27.1 Å². The van der Waals surface area contributed by atoms with Crippen LogP contribution in [-0.2, 0) is 13.2 Å². The van der Waals surface area contributed by atoms with Gasteiger partial charge >= 0.3 is 0 Å². The predicted molar refractivity (Wildman–Crippen MR) is 118 cm³/mol. The highest BCUT2D eigenvalue weighted by molar-refractivity contribution is 9.10. The lowest BCUT2D eigenvalue weighted by atomic mass is 10.2. The van der Waals surface area contributed by atoms with Crippen molar-refractivity contribution in [1.29, 1.82) is 0 Å². The number of nitrogens with zero attached hydrogens (tertiary/aromatic N) is 6. The molecule has 8 nitrogen and oxygen atoms in total. The van der Waals surface area contributed by atoms with Crippen molar-refractivity contribution in [2.24, 2.45) is 0 Å².